The molecule has 4 rings (SSSR count). The summed E-state index contributed by atoms with van der Waals surface area (Å²) >= 11 is 3.54. The monoisotopic (exact) mass is 337 g/mol. The second-order valence-corrected chi connectivity index (χ2v) is 6.03. The highest BCUT2D eigenvalue weighted by Crippen LogP contribution is 2.31. The number of hydrogen-bond donors (Lipinski definition) is 0. The van der Waals surface area contributed by atoms with Gasteiger partial charge in [0.2, 0.25) is 5.89 Å². The van der Waals surface area contributed by atoms with Crippen LogP contribution in [0.1, 0.15) is 5.56 Å². The summed E-state index contributed by atoms with van der Waals surface area (Å²) < 4.78 is 6.87. The Morgan fingerprint density at radius 3 is 2.62 bits per heavy atom. The molecule has 0 aliphatic rings. The third kappa shape index (κ3) is 2.14. The van der Waals surface area contributed by atoms with Crippen LogP contribution in [0.5, 0.6) is 0 Å². The zero-order valence-electron chi connectivity index (χ0n) is 11.4. The summed E-state index contributed by atoms with van der Waals surface area (Å²) in [5.74, 6) is 0.655. The summed E-state index contributed by atoms with van der Waals surface area (Å²) in [4.78, 5) is 4.61. The normalized spacial score (nSPS) is 11.3. The molecule has 0 atom stereocenters. The molecule has 4 aromatic rings. The van der Waals surface area contributed by atoms with E-state index < -0.39 is 0 Å². The van der Waals surface area contributed by atoms with Crippen LogP contribution < -0.4 is 0 Å². The summed E-state index contributed by atoms with van der Waals surface area (Å²) in [6, 6.07) is 18.6. The predicted molar refractivity (Wildman–Crippen MR) is 89.4 cm³/mol. The summed E-state index contributed by atoms with van der Waals surface area (Å²) in [5.41, 5.74) is 3.83. The van der Waals surface area contributed by atoms with Gasteiger partial charge < -0.3 is 4.42 Å². The maximum Gasteiger partial charge on any atom is 0.227 e. The summed E-state index contributed by atoms with van der Waals surface area (Å²) in [6.45, 7) is 2.05. The van der Waals surface area contributed by atoms with Crippen LogP contribution in [0.3, 0.4) is 0 Å². The second-order valence-electron chi connectivity index (χ2n) is 5.18. The zero-order chi connectivity index (χ0) is 14.4. The van der Waals surface area contributed by atoms with Crippen LogP contribution in [0.4, 0.5) is 0 Å². The molecular formula is C18H12BrNO. The van der Waals surface area contributed by atoms with E-state index in [2.05, 4.69) is 52.1 Å². The van der Waals surface area contributed by atoms with Crippen molar-refractivity contribution in [3.05, 3.63) is 64.6 Å². The van der Waals surface area contributed by atoms with Crippen LogP contribution in [-0.4, -0.2) is 4.98 Å². The van der Waals surface area contributed by atoms with Gasteiger partial charge in [0.1, 0.15) is 5.52 Å². The van der Waals surface area contributed by atoms with Crippen molar-refractivity contribution in [3.63, 3.8) is 0 Å². The highest BCUT2D eigenvalue weighted by molar-refractivity contribution is 9.10. The molecule has 0 spiro atoms. The second kappa shape index (κ2) is 4.71. The fraction of sp³-hybridized carbons (Fsp3) is 0.0556. The number of rotatable bonds is 1. The van der Waals surface area contributed by atoms with E-state index in [-0.39, 0.29) is 0 Å². The molecule has 1 aromatic heterocycles. The standard InChI is InChI=1S/C18H12BrNO/c1-11-8-15(19)17-16(9-11)20-18(21-17)14-7-6-12-4-2-3-5-13(12)10-14/h2-10H,1H3. The molecule has 0 saturated heterocycles. The predicted octanol–water partition coefficient (Wildman–Crippen LogP) is 5.72. The molecule has 0 radical (unpaired) electrons. The first kappa shape index (κ1) is 12.6. The number of halogens is 1. The largest absolute Gasteiger partial charge is 0.435 e. The van der Waals surface area contributed by atoms with Gasteiger partial charge in [-0.3, -0.25) is 0 Å². The third-order valence-corrected chi connectivity index (χ3v) is 4.17. The minimum atomic E-state index is 0.655. The Balaban J connectivity index is 1.93. The lowest BCUT2D eigenvalue weighted by Crippen LogP contribution is -1.78. The molecular weight excluding hydrogens is 326 g/mol. The molecule has 0 saturated carbocycles. The number of aryl methyl sites for hydroxylation is 1. The molecule has 21 heavy (non-hydrogen) atoms. The number of fused-ring (bicyclic) bond motifs is 2. The third-order valence-electron chi connectivity index (χ3n) is 3.59. The number of benzene rings is 3. The minimum Gasteiger partial charge on any atom is -0.435 e. The smallest absolute Gasteiger partial charge is 0.227 e. The van der Waals surface area contributed by atoms with E-state index in [4.69, 9.17) is 4.42 Å². The van der Waals surface area contributed by atoms with E-state index in [0.29, 0.717) is 5.89 Å². The van der Waals surface area contributed by atoms with Gasteiger partial charge in [0.15, 0.2) is 5.58 Å². The van der Waals surface area contributed by atoms with Crippen molar-refractivity contribution in [1.29, 1.82) is 0 Å². The van der Waals surface area contributed by atoms with Crippen molar-refractivity contribution < 1.29 is 4.42 Å². The Morgan fingerprint density at radius 2 is 1.76 bits per heavy atom. The maximum atomic E-state index is 5.93. The molecule has 0 N–H and O–H groups in total. The average Bonchev–Trinajstić information content (AvgIpc) is 2.91. The zero-order valence-corrected chi connectivity index (χ0v) is 13.0. The van der Waals surface area contributed by atoms with Crippen molar-refractivity contribution >= 4 is 37.8 Å². The molecule has 0 amide bonds. The number of oxazole rings is 1. The molecule has 3 aromatic carbocycles. The van der Waals surface area contributed by atoms with Gasteiger partial charge in [0.05, 0.1) is 4.47 Å². The lowest BCUT2D eigenvalue weighted by atomic mass is 10.1. The Hall–Kier alpha value is -2.13. The molecule has 3 heteroatoms. The molecule has 0 aliphatic heterocycles. The van der Waals surface area contributed by atoms with Gasteiger partial charge in [-0.05, 0) is 63.5 Å². The Kier molecular flexibility index (Phi) is 2.82. The van der Waals surface area contributed by atoms with E-state index in [0.717, 1.165) is 26.7 Å². The van der Waals surface area contributed by atoms with Crippen LogP contribution >= 0.6 is 15.9 Å². The summed E-state index contributed by atoms with van der Waals surface area (Å²) in [7, 11) is 0. The van der Waals surface area contributed by atoms with Crippen molar-refractivity contribution in [3.8, 4) is 11.5 Å². The highest BCUT2D eigenvalue weighted by Gasteiger charge is 2.11. The number of nitrogens with zero attached hydrogens (tertiary/aromatic N) is 1. The number of hydrogen-bond acceptors (Lipinski definition) is 2. The van der Waals surface area contributed by atoms with Gasteiger partial charge in [0.25, 0.3) is 0 Å². The number of aromatic nitrogens is 1. The molecule has 0 aliphatic carbocycles. The summed E-state index contributed by atoms with van der Waals surface area (Å²) in [5, 5.41) is 2.40. The van der Waals surface area contributed by atoms with Crippen LogP contribution in [0.2, 0.25) is 0 Å². The molecule has 0 fully saturated rings. The van der Waals surface area contributed by atoms with E-state index in [9.17, 15) is 0 Å². The quantitative estimate of drug-likeness (QED) is 0.444. The van der Waals surface area contributed by atoms with Crippen LogP contribution in [0.25, 0.3) is 33.3 Å². The van der Waals surface area contributed by atoms with Crippen LogP contribution in [-0.2, 0) is 0 Å². The van der Waals surface area contributed by atoms with Gasteiger partial charge in [-0.25, -0.2) is 4.98 Å². The van der Waals surface area contributed by atoms with Gasteiger partial charge in [-0.1, -0.05) is 30.3 Å². The highest BCUT2D eigenvalue weighted by atomic mass is 79.9. The molecule has 1 heterocycles. The van der Waals surface area contributed by atoms with E-state index >= 15 is 0 Å². The van der Waals surface area contributed by atoms with Crippen molar-refractivity contribution in [2.45, 2.75) is 6.92 Å². The lowest BCUT2D eigenvalue weighted by molar-refractivity contribution is 0.618. The van der Waals surface area contributed by atoms with E-state index in [1.165, 1.54) is 10.8 Å². The van der Waals surface area contributed by atoms with Gasteiger partial charge in [0, 0.05) is 5.56 Å². The van der Waals surface area contributed by atoms with Gasteiger partial charge in [-0.2, -0.15) is 0 Å². The molecule has 0 unspecified atom stereocenters. The summed E-state index contributed by atoms with van der Waals surface area (Å²) in [6.07, 6.45) is 0. The molecule has 102 valence electrons. The van der Waals surface area contributed by atoms with Gasteiger partial charge in [-0.15, -0.1) is 0 Å². The lowest BCUT2D eigenvalue weighted by Gasteiger charge is -1.99. The molecule has 2 nitrogen and oxygen atoms in total. The van der Waals surface area contributed by atoms with Gasteiger partial charge >= 0.3 is 0 Å². The van der Waals surface area contributed by atoms with Crippen LogP contribution in [0, 0.1) is 6.92 Å². The Labute approximate surface area is 130 Å². The van der Waals surface area contributed by atoms with Crippen molar-refractivity contribution in [2.24, 2.45) is 0 Å². The van der Waals surface area contributed by atoms with E-state index in [1.807, 2.05) is 30.3 Å². The van der Waals surface area contributed by atoms with E-state index in [1.54, 1.807) is 0 Å². The first-order chi connectivity index (χ1) is 10.2. The van der Waals surface area contributed by atoms with Crippen molar-refractivity contribution in [2.75, 3.05) is 0 Å². The fourth-order valence-corrected chi connectivity index (χ4v) is 3.21. The fourth-order valence-electron chi connectivity index (χ4n) is 2.57. The Bertz CT molecular complexity index is 971. The topological polar surface area (TPSA) is 26.0 Å². The SMILES string of the molecule is Cc1cc(Br)c2oc(-c3ccc4ccccc4c3)nc2c1. The first-order valence-electron chi connectivity index (χ1n) is 6.76. The van der Waals surface area contributed by atoms with Crippen molar-refractivity contribution in [1.82, 2.24) is 4.98 Å². The molecule has 0 bridgehead atoms. The Morgan fingerprint density at radius 1 is 0.952 bits per heavy atom. The average molecular weight is 338 g/mol. The maximum absolute atomic E-state index is 5.93. The first-order valence-corrected chi connectivity index (χ1v) is 7.56. The van der Waals surface area contributed by atoms with Crippen LogP contribution in [0.15, 0.2) is 63.5 Å². The minimum absolute atomic E-state index is 0.655.